The molecular weight excluding hydrogens is 512 g/mol. The predicted molar refractivity (Wildman–Crippen MR) is 150 cm³/mol. The number of rotatable bonds is 15. The van der Waals surface area contributed by atoms with Crippen LogP contribution in [0.25, 0.3) is 11.1 Å². The Balaban J connectivity index is 1.83. The molecule has 0 aliphatic heterocycles. The van der Waals surface area contributed by atoms with Gasteiger partial charge in [0, 0.05) is 6.04 Å². The maximum atomic E-state index is 13.3. The van der Waals surface area contributed by atoms with E-state index in [0.717, 1.165) is 22.3 Å². The van der Waals surface area contributed by atoms with Crippen molar-refractivity contribution in [3.63, 3.8) is 0 Å². The summed E-state index contributed by atoms with van der Waals surface area (Å²) in [4.78, 5) is 37.5. The highest BCUT2D eigenvalue weighted by Crippen LogP contribution is 2.20. The van der Waals surface area contributed by atoms with Gasteiger partial charge in [-0.2, -0.15) is 0 Å². The Labute approximate surface area is 233 Å². The Morgan fingerprint density at radius 1 is 0.800 bits per heavy atom. The van der Waals surface area contributed by atoms with Gasteiger partial charge in [0.25, 0.3) is 0 Å². The molecule has 0 saturated heterocycles. The lowest BCUT2D eigenvalue weighted by Crippen LogP contribution is -2.54. The van der Waals surface area contributed by atoms with Crippen molar-refractivity contribution in [3.05, 3.63) is 96.1 Å². The third-order valence-electron chi connectivity index (χ3n) is 6.29. The molecule has 9 heteroatoms. The number of carbonyl (C=O) groups excluding carboxylic acids is 2. The second-order valence-corrected chi connectivity index (χ2v) is 9.70. The molecule has 0 bridgehead atoms. The first-order chi connectivity index (χ1) is 19.2. The summed E-state index contributed by atoms with van der Waals surface area (Å²) in [7, 11) is 0. The van der Waals surface area contributed by atoms with Gasteiger partial charge in [-0.05, 0) is 42.0 Å². The van der Waals surface area contributed by atoms with Gasteiger partial charge >= 0.3 is 11.9 Å². The van der Waals surface area contributed by atoms with Gasteiger partial charge in [0.2, 0.25) is 5.91 Å². The minimum Gasteiger partial charge on any atom is -0.481 e. The van der Waals surface area contributed by atoms with Crippen molar-refractivity contribution in [2.75, 3.05) is 13.2 Å². The maximum Gasteiger partial charge on any atom is 0.323 e. The maximum absolute atomic E-state index is 13.3. The van der Waals surface area contributed by atoms with E-state index in [4.69, 9.17) is 14.9 Å². The molecule has 212 valence electrons. The van der Waals surface area contributed by atoms with E-state index in [1.165, 1.54) is 0 Å². The third kappa shape index (κ3) is 9.92. The van der Waals surface area contributed by atoms with Crippen LogP contribution in [0.5, 0.6) is 0 Å². The summed E-state index contributed by atoms with van der Waals surface area (Å²) in [6.45, 7) is 0.639. The van der Waals surface area contributed by atoms with Crippen molar-refractivity contribution < 1.29 is 34.4 Å². The number of carbonyl (C=O) groups is 3. The first-order valence-electron chi connectivity index (χ1n) is 13.2. The average Bonchev–Trinajstić information content (AvgIpc) is 2.95. The van der Waals surface area contributed by atoms with Gasteiger partial charge in [0.15, 0.2) is 0 Å². The molecule has 0 saturated carbocycles. The molecule has 0 radical (unpaired) electrons. The number of aliphatic hydroxyl groups is 2. The zero-order chi connectivity index (χ0) is 28.9. The van der Waals surface area contributed by atoms with E-state index < -0.39 is 55.3 Å². The topological polar surface area (TPSA) is 145 Å². The second-order valence-electron chi connectivity index (χ2n) is 9.70. The smallest absolute Gasteiger partial charge is 0.323 e. The largest absolute Gasteiger partial charge is 0.481 e. The monoisotopic (exact) mass is 548 g/mol. The molecule has 3 rings (SSSR count). The van der Waals surface area contributed by atoms with E-state index in [0.29, 0.717) is 0 Å². The molecule has 0 aliphatic rings. The molecule has 0 heterocycles. The Bertz CT molecular complexity index is 1220. The fraction of sp³-hybridized carbons (Fsp3) is 0.323. The number of carboxylic acids is 1. The van der Waals surface area contributed by atoms with Crippen LogP contribution in [0, 0.1) is 0 Å². The van der Waals surface area contributed by atoms with Crippen molar-refractivity contribution in [1.82, 2.24) is 10.6 Å². The molecule has 1 amide bonds. The fourth-order valence-electron chi connectivity index (χ4n) is 4.22. The van der Waals surface area contributed by atoms with Gasteiger partial charge in [-0.25, -0.2) is 0 Å². The molecular formula is C31H36N2O7. The van der Waals surface area contributed by atoms with Crippen LogP contribution in [-0.4, -0.2) is 70.6 Å². The average molecular weight is 549 g/mol. The Morgan fingerprint density at radius 3 is 1.95 bits per heavy atom. The summed E-state index contributed by atoms with van der Waals surface area (Å²) < 4.78 is 5.27. The van der Waals surface area contributed by atoms with Gasteiger partial charge < -0.3 is 25.4 Å². The van der Waals surface area contributed by atoms with Gasteiger partial charge in [0.1, 0.15) is 18.8 Å². The lowest BCUT2D eigenvalue weighted by Gasteiger charge is -2.26. The van der Waals surface area contributed by atoms with E-state index in [-0.39, 0.29) is 19.3 Å². The lowest BCUT2D eigenvalue weighted by atomic mass is 9.99. The van der Waals surface area contributed by atoms with Gasteiger partial charge in [-0.1, -0.05) is 84.9 Å². The molecule has 3 aromatic carbocycles. The van der Waals surface area contributed by atoms with E-state index >= 15 is 0 Å². The summed E-state index contributed by atoms with van der Waals surface area (Å²) in [5, 5.41) is 33.8. The molecule has 3 aromatic rings. The number of hydrogen-bond donors (Lipinski definition) is 5. The first kappa shape index (κ1) is 30.5. The van der Waals surface area contributed by atoms with Crippen molar-refractivity contribution in [1.29, 1.82) is 0 Å². The van der Waals surface area contributed by atoms with Crippen LogP contribution >= 0.6 is 0 Å². The van der Waals surface area contributed by atoms with Crippen LogP contribution in [0.15, 0.2) is 84.9 Å². The van der Waals surface area contributed by atoms with Crippen molar-refractivity contribution in [2.45, 2.75) is 50.4 Å². The number of amides is 1. The molecule has 4 atom stereocenters. The molecule has 40 heavy (non-hydrogen) atoms. The van der Waals surface area contributed by atoms with E-state index in [2.05, 4.69) is 10.6 Å². The van der Waals surface area contributed by atoms with Crippen molar-refractivity contribution in [2.24, 2.45) is 0 Å². The highest BCUT2D eigenvalue weighted by Gasteiger charge is 2.29. The standard InChI is InChI=1S/C31H36N2O7/c1-21(16-29(36)37)32-30(38)27(17-22-8-4-2-5-9-22)33-28(31(39)40-20-26(35)19-34)18-23-12-14-25(15-13-23)24-10-6-3-7-11-24/h2-15,21,26-28,33-35H,16-20H2,1H3,(H,32,38)(H,36,37)/t21-,26?,27+,28?/m1/s1. The molecule has 5 N–H and O–H groups in total. The summed E-state index contributed by atoms with van der Waals surface area (Å²) in [5.41, 5.74) is 3.72. The minimum atomic E-state index is -1.23. The highest BCUT2D eigenvalue weighted by molar-refractivity contribution is 5.84. The van der Waals surface area contributed by atoms with Gasteiger partial charge in [-0.15, -0.1) is 0 Å². The van der Waals surface area contributed by atoms with Crippen LogP contribution in [0.2, 0.25) is 0 Å². The zero-order valence-corrected chi connectivity index (χ0v) is 22.4. The van der Waals surface area contributed by atoms with Gasteiger partial charge in [0.05, 0.1) is 19.1 Å². The van der Waals surface area contributed by atoms with Crippen molar-refractivity contribution >= 4 is 17.8 Å². The number of aliphatic carboxylic acids is 1. The summed E-state index contributed by atoms with van der Waals surface area (Å²) in [5.74, 6) is -2.18. The summed E-state index contributed by atoms with van der Waals surface area (Å²) in [6, 6.07) is 24.3. The Morgan fingerprint density at radius 2 is 1.35 bits per heavy atom. The minimum absolute atomic E-state index is 0.187. The number of aliphatic hydroxyl groups excluding tert-OH is 2. The Kier molecular flexibility index (Phi) is 11.8. The highest BCUT2D eigenvalue weighted by atomic mass is 16.5. The predicted octanol–water partition coefficient (Wildman–Crippen LogP) is 2.34. The van der Waals surface area contributed by atoms with Crippen LogP contribution in [0.1, 0.15) is 24.5 Å². The number of hydrogen-bond acceptors (Lipinski definition) is 7. The lowest BCUT2D eigenvalue weighted by molar-refractivity contribution is -0.150. The second kappa shape index (κ2) is 15.5. The van der Waals surface area contributed by atoms with Crippen molar-refractivity contribution in [3.8, 4) is 11.1 Å². The fourth-order valence-corrected chi connectivity index (χ4v) is 4.22. The molecule has 0 aliphatic carbocycles. The van der Waals surface area contributed by atoms with Gasteiger partial charge in [-0.3, -0.25) is 19.7 Å². The quantitative estimate of drug-likeness (QED) is 0.182. The van der Waals surface area contributed by atoms with Crippen LogP contribution in [0.3, 0.4) is 0 Å². The number of esters is 1. The summed E-state index contributed by atoms with van der Waals surface area (Å²) >= 11 is 0. The van der Waals surface area contributed by atoms with E-state index in [1.54, 1.807) is 6.92 Å². The van der Waals surface area contributed by atoms with E-state index in [1.807, 2.05) is 84.9 Å². The molecule has 9 nitrogen and oxygen atoms in total. The summed E-state index contributed by atoms with van der Waals surface area (Å²) in [6.07, 6.45) is -1.05. The zero-order valence-electron chi connectivity index (χ0n) is 22.4. The van der Waals surface area contributed by atoms with E-state index in [9.17, 15) is 19.5 Å². The number of nitrogens with one attached hydrogen (secondary N) is 2. The molecule has 2 unspecified atom stereocenters. The third-order valence-corrected chi connectivity index (χ3v) is 6.29. The molecule has 0 spiro atoms. The normalized spacial score (nSPS) is 14.0. The van der Waals surface area contributed by atoms with Crippen LogP contribution < -0.4 is 10.6 Å². The Hall–Kier alpha value is -4.05. The number of benzene rings is 3. The first-order valence-corrected chi connectivity index (χ1v) is 13.2. The van der Waals surface area contributed by atoms with Crippen LogP contribution in [0.4, 0.5) is 0 Å². The number of carboxylic acid groups (broad SMARTS) is 1. The number of ether oxygens (including phenoxy) is 1. The van der Waals surface area contributed by atoms with Crippen LogP contribution in [-0.2, 0) is 32.0 Å². The molecule has 0 aromatic heterocycles. The molecule has 0 fully saturated rings. The SMILES string of the molecule is C[C@H](CC(=O)O)NC(=O)[C@H](Cc1ccccc1)NC(Cc1ccc(-c2ccccc2)cc1)C(=O)OCC(O)CO.